The Kier molecular flexibility index (Phi) is 7.97. The van der Waals surface area contributed by atoms with E-state index in [0.29, 0.717) is 18.8 Å². The Morgan fingerprint density at radius 3 is 2.61 bits per heavy atom. The van der Waals surface area contributed by atoms with Crippen molar-refractivity contribution in [2.75, 3.05) is 17.6 Å². The highest BCUT2D eigenvalue weighted by Crippen LogP contribution is 2.34. The van der Waals surface area contributed by atoms with Crippen molar-refractivity contribution in [3.8, 4) is 0 Å². The number of thiophene rings is 1. The maximum Gasteiger partial charge on any atom is 0.410 e. The molecule has 3 aromatic rings. The second-order valence-electron chi connectivity index (χ2n) is 8.63. The minimum Gasteiger partial charge on any atom is -0.444 e. The molecule has 0 fully saturated rings. The first-order valence-electron chi connectivity index (χ1n) is 10.8. The summed E-state index contributed by atoms with van der Waals surface area (Å²) < 4.78 is 5.50. The number of aromatic nitrogens is 2. The third-order valence-corrected chi connectivity index (χ3v) is 7.06. The molecule has 0 spiro atoms. The predicted molar refractivity (Wildman–Crippen MR) is 135 cm³/mol. The average Bonchev–Trinajstić information content (AvgIpc) is 3.04. The molecular formula is C24H30N4O3S2. The lowest BCUT2D eigenvalue weighted by Gasteiger charge is -2.27. The van der Waals surface area contributed by atoms with Gasteiger partial charge in [-0.3, -0.25) is 4.79 Å². The van der Waals surface area contributed by atoms with Crippen molar-refractivity contribution in [3.05, 3.63) is 46.6 Å². The van der Waals surface area contributed by atoms with Gasteiger partial charge < -0.3 is 15.0 Å². The van der Waals surface area contributed by atoms with Crippen molar-refractivity contribution in [2.24, 2.45) is 0 Å². The fourth-order valence-electron chi connectivity index (χ4n) is 3.20. The van der Waals surface area contributed by atoms with Crippen molar-refractivity contribution < 1.29 is 14.3 Å². The second kappa shape index (κ2) is 10.5. The molecule has 0 saturated carbocycles. The topological polar surface area (TPSA) is 84.4 Å². The number of ether oxygens (including phenoxy) is 1. The van der Waals surface area contributed by atoms with Crippen molar-refractivity contribution >= 4 is 51.0 Å². The van der Waals surface area contributed by atoms with Gasteiger partial charge in [-0.15, -0.1) is 11.3 Å². The van der Waals surface area contributed by atoms with Crippen molar-refractivity contribution in [1.29, 1.82) is 0 Å². The Hall–Kier alpha value is -2.65. The van der Waals surface area contributed by atoms with Gasteiger partial charge in [-0.05, 0) is 58.7 Å². The fraction of sp³-hybridized carbons (Fsp3) is 0.417. The van der Waals surface area contributed by atoms with Crippen LogP contribution in [-0.4, -0.2) is 44.8 Å². The van der Waals surface area contributed by atoms with E-state index in [0.717, 1.165) is 26.4 Å². The molecule has 0 aliphatic rings. The number of thioether (sulfide) groups is 1. The molecule has 2 amide bonds. The molecule has 0 unspecified atom stereocenters. The quantitative estimate of drug-likeness (QED) is 0.336. The van der Waals surface area contributed by atoms with Crippen LogP contribution in [0.5, 0.6) is 0 Å². The monoisotopic (exact) mass is 486 g/mol. The molecule has 1 aromatic carbocycles. The highest BCUT2D eigenvalue weighted by Gasteiger charge is 2.22. The summed E-state index contributed by atoms with van der Waals surface area (Å²) in [6.07, 6.45) is 1.17. The summed E-state index contributed by atoms with van der Waals surface area (Å²) in [6, 6.07) is 7.50. The summed E-state index contributed by atoms with van der Waals surface area (Å²) in [4.78, 5) is 37.8. The van der Waals surface area contributed by atoms with Crippen molar-refractivity contribution in [2.45, 2.75) is 58.7 Å². The van der Waals surface area contributed by atoms with Crippen molar-refractivity contribution in [3.63, 3.8) is 0 Å². The summed E-state index contributed by atoms with van der Waals surface area (Å²) in [7, 11) is 0. The van der Waals surface area contributed by atoms with Crippen LogP contribution >= 0.6 is 23.1 Å². The third kappa shape index (κ3) is 6.45. The minimum absolute atomic E-state index is 0.135. The summed E-state index contributed by atoms with van der Waals surface area (Å²) >= 11 is 3.04. The van der Waals surface area contributed by atoms with E-state index in [1.807, 2.05) is 52.0 Å². The van der Waals surface area contributed by atoms with Gasteiger partial charge >= 0.3 is 6.09 Å². The van der Waals surface area contributed by atoms with Gasteiger partial charge in [0.1, 0.15) is 21.8 Å². The Labute approximate surface area is 202 Å². The van der Waals surface area contributed by atoms with E-state index in [1.165, 1.54) is 16.6 Å². The maximum absolute atomic E-state index is 12.8. The van der Waals surface area contributed by atoms with Gasteiger partial charge in [-0.2, -0.15) is 0 Å². The Balaban J connectivity index is 1.68. The molecule has 0 aliphatic carbocycles. The van der Waals surface area contributed by atoms with Gasteiger partial charge in [0.25, 0.3) is 0 Å². The lowest BCUT2D eigenvalue weighted by atomic mass is 10.1. The number of anilines is 1. The summed E-state index contributed by atoms with van der Waals surface area (Å²) in [5, 5.41) is 4.82. The molecule has 33 heavy (non-hydrogen) atoms. The molecule has 0 radical (unpaired) electrons. The van der Waals surface area contributed by atoms with Crippen LogP contribution < -0.4 is 5.32 Å². The molecule has 1 N–H and O–H groups in total. The summed E-state index contributed by atoms with van der Waals surface area (Å²) in [6.45, 7) is 12.4. The van der Waals surface area contributed by atoms with Gasteiger partial charge in [0.2, 0.25) is 5.91 Å². The molecule has 0 aliphatic heterocycles. The number of benzene rings is 1. The van der Waals surface area contributed by atoms with E-state index in [1.54, 1.807) is 22.6 Å². The number of aryl methyl sites for hydroxylation is 2. The number of rotatable bonds is 7. The number of nitrogens with zero attached hydrogens (tertiary/aromatic N) is 3. The van der Waals surface area contributed by atoms with E-state index in [-0.39, 0.29) is 17.8 Å². The van der Waals surface area contributed by atoms with Crippen LogP contribution in [0.2, 0.25) is 0 Å². The number of amides is 2. The minimum atomic E-state index is -0.568. The lowest BCUT2D eigenvalue weighted by molar-refractivity contribution is -0.113. The number of para-hydroxylation sites is 1. The summed E-state index contributed by atoms with van der Waals surface area (Å²) in [5.41, 5.74) is 2.12. The SMILES string of the molecule is CCN(Cc1ccccc1NC(=O)CSc1ncnc2sc(C)c(C)c12)C(=O)OC(C)(C)C. The molecule has 3 rings (SSSR count). The first-order valence-corrected chi connectivity index (χ1v) is 12.6. The molecule has 0 saturated heterocycles. The van der Waals surface area contributed by atoms with Gasteiger partial charge in [0.15, 0.2) is 0 Å². The number of carbonyl (C=O) groups excluding carboxylic acids is 2. The van der Waals surface area contributed by atoms with Crippen LogP contribution in [-0.2, 0) is 16.1 Å². The first-order chi connectivity index (χ1) is 15.6. The molecule has 2 aromatic heterocycles. The zero-order valence-corrected chi connectivity index (χ0v) is 21.5. The Bertz CT molecular complexity index is 1150. The molecule has 7 nitrogen and oxygen atoms in total. The highest BCUT2D eigenvalue weighted by molar-refractivity contribution is 8.00. The molecule has 9 heteroatoms. The van der Waals surface area contributed by atoms with Crippen molar-refractivity contribution in [1.82, 2.24) is 14.9 Å². The summed E-state index contributed by atoms with van der Waals surface area (Å²) in [5.74, 6) is 0.0855. The average molecular weight is 487 g/mol. The molecule has 0 bridgehead atoms. The molecule has 0 atom stereocenters. The maximum atomic E-state index is 12.8. The zero-order valence-electron chi connectivity index (χ0n) is 19.9. The number of nitrogens with one attached hydrogen (secondary N) is 1. The normalized spacial score (nSPS) is 11.5. The highest BCUT2D eigenvalue weighted by atomic mass is 32.2. The van der Waals surface area contributed by atoms with Gasteiger partial charge in [-0.1, -0.05) is 30.0 Å². The van der Waals surface area contributed by atoms with Crippen LogP contribution in [0, 0.1) is 13.8 Å². The Morgan fingerprint density at radius 1 is 1.18 bits per heavy atom. The standard InChI is InChI=1S/C24H30N4O3S2/c1-7-28(23(30)31-24(4,5)6)12-17-10-8-9-11-18(17)27-19(29)13-32-21-20-15(2)16(3)33-22(20)26-14-25-21/h8-11,14H,7,12-13H2,1-6H3,(H,27,29). The van der Waals surface area contributed by atoms with Gasteiger partial charge in [0.05, 0.1) is 12.3 Å². The van der Waals surface area contributed by atoms with Gasteiger partial charge in [-0.25, -0.2) is 14.8 Å². The van der Waals surface area contributed by atoms with Gasteiger partial charge in [0, 0.05) is 22.5 Å². The molecular weight excluding hydrogens is 456 g/mol. The van der Waals surface area contributed by atoms with Crippen LogP contribution in [0.4, 0.5) is 10.5 Å². The molecule has 2 heterocycles. The smallest absolute Gasteiger partial charge is 0.410 e. The number of fused-ring (bicyclic) bond motifs is 1. The first kappa shape index (κ1) is 25.0. The third-order valence-electron chi connectivity index (χ3n) is 4.96. The number of carbonyl (C=O) groups is 2. The van der Waals surface area contributed by atoms with Crippen LogP contribution in [0.15, 0.2) is 35.6 Å². The van der Waals surface area contributed by atoms with E-state index in [4.69, 9.17) is 4.74 Å². The predicted octanol–water partition coefficient (Wildman–Crippen LogP) is 5.80. The van der Waals surface area contributed by atoms with Crippen LogP contribution in [0.1, 0.15) is 43.7 Å². The van der Waals surface area contributed by atoms with E-state index >= 15 is 0 Å². The van der Waals surface area contributed by atoms with E-state index in [9.17, 15) is 9.59 Å². The second-order valence-corrected chi connectivity index (χ2v) is 10.8. The van der Waals surface area contributed by atoms with Crippen LogP contribution in [0.25, 0.3) is 10.2 Å². The Morgan fingerprint density at radius 2 is 1.91 bits per heavy atom. The van der Waals surface area contributed by atoms with Crippen LogP contribution in [0.3, 0.4) is 0 Å². The number of hydrogen-bond acceptors (Lipinski definition) is 7. The lowest BCUT2D eigenvalue weighted by Crippen LogP contribution is -2.36. The van der Waals surface area contributed by atoms with E-state index in [2.05, 4.69) is 29.1 Å². The number of hydrogen-bond donors (Lipinski definition) is 1. The fourth-order valence-corrected chi connectivity index (χ4v) is 5.11. The zero-order chi connectivity index (χ0) is 24.2. The van der Waals surface area contributed by atoms with E-state index < -0.39 is 5.60 Å². The molecule has 176 valence electrons. The largest absolute Gasteiger partial charge is 0.444 e.